The number of halogens is 1. The number of hydrogen-bond acceptors (Lipinski definition) is 4. The predicted molar refractivity (Wildman–Crippen MR) is 115 cm³/mol. The van der Waals surface area contributed by atoms with Crippen molar-refractivity contribution in [3.63, 3.8) is 0 Å². The minimum atomic E-state index is -0.432. The number of likely N-dealkylation sites (tertiary alicyclic amines) is 1. The van der Waals surface area contributed by atoms with E-state index >= 15 is 0 Å². The number of hydrogen-bond donors (Lipinski definition) is 0. The van der Waals surface area contributed by atoms with Crippen LogP contribution in [0, 0.1) is 5.82 Å². The topological polar surface area (TPSA) is 77.2 Å². The Morgan fingerprint density at radius 1 is 1.06 bits per heavy atom. The van der Waals surface area contributed by atoms with Crippen molar-refractivity contribution in [2.75, 3.05) is 6.54 Å². The summed E-state index contributed by atoms with van der Waals surface area (Å²) in [5.74, 6) is -0.272. The summed E-state index contributed by atoms with van der Waals surface area (Å²) in [7, 11) is 3.04. The van der Waals surface area contributed by atoms with Crippen molar-refractivity contribution in [3.8, 4) is 0 Å². The second-order valence-electron chi connectivity index (χ2n) is 8.04. The maximum Gasteiger partial charge on any atom is 0.332 e. The highest BCUT2D eigenvalue weighted by molar-refractivity contribution is 5.78. The lowest BCUT2D eigenvalue weighted by Crippen LogP contribution is -2.40. The highest BCUT2D eigenvalue weighted by Crippen LogP contribution is 2.31. The molecule has 7 nitrogen and oxygen atoms in total. The van der Waals surface area contributed by atoms with Gasteiger partial charge in [0, 0.05) is 27.1 Å². The molecule has 1 fully saturated rings. The third-order valence-electron chi connectivity index (χ3n) is 6.03. The number of pyridine rings is 1. The molecule has 0 spiro atoms. The molecule has 0 unspecified atom stereocenters. The number of fused-ring (bicyclic) bond motifs is 1. The van der Waals surface area contributed by atoms with Crippen molar-refractivity contribution in [3.05, 3.63) is 74.3 Å². The number of rotatable bonds is 4. The van der Waals surface area contributed by atoms with Gasteiger partial charge in [-0.1, -0.05) is 12.1 Å². The van der Waals surface area contributed by atoms with Crippen LogP contribution in [0.5, 0.6) is 0 Å². The van der Waals surface area contributed by atoms with E-state index in [0.717, 1.165) is 29.4 Å². The molecular weight excluding hydrogens is 399 g/mol. The Morgan fingerprint density at radius 2 is 1.81 bits per heavy atom. The van der Waals surface area contributed by atoms with Crippen LogP contribution >= 0.6 is 0 Å². The quantitative estimate of drug-likeness (QED) is 0.645. The fraction of sp³-hybridized carbons (Fsp3) is 0.391. The molecule has 1 amide bonds. The standard InChI is InChI=1S/C23H25FN4O3/c1-26-21-17(22(30)27(2)23(26)31)11-12-18(25-21)19-5-3-4-14-28(19)20(29)13-8-15-6-9-16(24)10-7-15/h6-7,9-12,19H,3-5,8,13-14H2,1-2H3/t19-/m1/s1. The normalized spacial score (nSPS) is 16.6. The van der Waals surface area contributed by atoms with Crippen molar-refractivity contribution in [1.29, 1.82) is 0 Å². The van der Waals surface area contributed by atoms with Crippen molar-refractivity contribution < 1.29 is 9.18 Å². The van der Waals surface area contributed by atoms with Gasteiger partial charge in [-0.15, -0.1) is 0 Å². The molecule has 3 heterocycles. The number of benzene rings is 1. The zero-order chi connectivity index (χ0) is 22.1. The molecule has 1 atom stereocenters. The maximum absolute atomic E-state index is 13.1. The monoisotopic (exact) mass is 424 g/mol. The summed E-state index contributed by atoms with van der Waals surface area (Å²) in [5, 5.41) is 0.373. The van der Waals surface area contributed by atoms with E-state index in [4.69, 9.17) is 0 Å². The fourth-order valence-corrected chi connectivity index (χ4v) is 4.24. The SMILES string of the molecule is Cn1c(=O)c2ccc([C@H]3CCCCN3C(=O)CCc3ccc(F)cc3)nc2n(C)c1=O. The molecule has 3 aromatic rings. The highest BCUT2D eigenvalue weighted by atomic mass is 19.1. The van der Waals surface area contributed by atoms with Crippen molar-refractivity contribution in [1.82, 2.24) is 19.0 Å². The van der Waals surface area contributed by atoms with Gasteiger partial charge in [0.05, 0.1) is 17.1 Å². The molecule has 0 bridgehead atoms. The van der Waals surface area contributed by atoms with Crippen LogP contribution in [-0.2, 0) is 25.3 Å². The summed E-state index contributed by atoms with van der Waals surface area (Å²) in [5.41, 5.74) is 1.12. The van der Waals surface area contributed by atoms with Gasteiger partial charge in [-0.25, -0.2) is 14.2 Å². The van der Waals surface area contributed by atoms with Gasteiger partial charge in [0.2, 0.25) is 5.91 Å². The lowest BCUT2D eigenvalue weighted by Gasteiger charge is -2.35. The number of carbonyl (C=O) groups excluding carboxylic acids is 1. The molecule has 0 saturated carbocycles. The first-order chi connectivity index (χ1) is 14.9. The fourth-order valence-electron chi connectivity index (χ4n) is 4.24. The van der Waals surface area contributed by atoms with Crippen molar-refractivity contribution in [2.45, 2.75) is 38.1 Å². The first kappa shape index (κ1) is 21.0. The van der Waals surface area contributed by atoms with E-state index in [9.17, 15) is 18.8 Å². The van der Waals surface area contributed by atoms with E-state index < -0.39 is 5.69 Å². The van der Waals surface area contributed by atoms with E-state index in [-0.39, 0.29) is 23.3 Å². The Bertz CT molecular complexity index is 1250. The van der Waals surface area contributed by atoms with Crippen LogP contribution in [0.1, 0.15) is 43.0 Å². The number of nitrogens with zero attached hydrogens (tertiary/aromatic N) is 4. The molecule has 0 aliphatic carbocycles. The number of amides is 1. The first-order valence-corrected chi connectivity index (χ1v) is 10.5. The Morgan fingerprint density at radius 3 is 2.55 bits per heavy atom. The van der Waals surface area contributed by atoms with E-state index in [2.05, 4.69) is 4.98 Å². The average molecular weight is 424 g/mol. The smallest absolute Gasteiger partial charge is 0.332 e. The van der Waals surface area contributed by atoms with Crippen LogP contribution in [0.15, 0.2) is 46.0 Å². The van der Waals surface area contributed by atoms with Gasteiger partial charge in [0.1, 0.15) is 11.5 Å². The van der Waals surface area contributed by atoms with Crippen LogP contribution in [0.4, 0.5) is 4.39 Å². The van der Waals surface area contributed by atoms with Crippen LogP contribution in [0.25, 0.3) is 11.0 Å². The molecule has 8 heteroatoms. The van der Waals surface area contributed by atoms with Gasteiger partial charge in [0.25, 0.3) is 5.56 Å². The maximum atomic E-state index is 13.1. The predicted octanol–water partition coefficient (Wildman–Crippen LogP) is 2.46. The number of aryl methyl sites for hydroxylation is 2. The third-order valence-corrected chi connectivity index (χ3v) is 6.03. The van der Waals surface area contributed by atoms with Gasteiger partial charge in [-0.05, 0) is 55.5 Å². The Labute approximate surface area is 178 Å². The highest BCUT2D eigenvalue weighted by Gasteiger charge is 2.29. The minimum Gasteiger partial charge on any atom is -0.334 e. The number of aromatic nitrogens is 3. The summed E-state index contributed by atoms with van der Waals surface area (Å²) in [4.78, 5) is 44.2. The molecule has 31 heavy (non-hydrogen) atoms. The van der Waals surface area contributed by atoms with E-state index in [1.54, 1.807) is 31.3 Å². The lowest BCUT2D eigenvalue weighted by molar-refractivity contribution is -0.135. The van der Waals surface area contributed by atoms with Crippen LogP contribution in [0.3, 0.4) is 0 Å². The minimum absolute atomic E-state index is 0.0220. The van der Waals surface area contributed by atoms with E-state index in [1.165, 1.54) is 23.7 Å². The van der Waals surface area contributed by atoms with E-state index in [1.807, 2.05) is 4.90 Å². The molecule has 1 aliphatic rings. The Hall–Kier alpha value is -3.29. The summed E-state index contributed by atoms with van der Waals surface area (Å²) in [6.45, 7) is 0.641. The van der Waals surface area contributed by atoms with Gasteiger partial charge in [-0.2, -0.15) is 0 Å². The van der Waals surface area contributed by atoms with Crippen molar-refractivity contribution >= 4 is 16.9 Å². The molecule has 1 saturated heterocycles. The van der Waals surface area contributed by atoms with Crippen LogP contribution < -0.4 is 11.2 Å². The van der Waals surface area contributed by atoms with Gasteiger partial charge >= 0.3 is 5.69 Å². The molecule has 1 aromatic carbocycles. The zero-order valence-electron chi connectivity index (χ0n) is 17.7. The number of piperidine rings is 1. The lowest BCUT2D eigenvalue weighted by atomic mass is 9.97. The van der Waals surface area contributed by atoms with Gasteiger partial charge in [-0.3, -0.25) is 18.7 Å². The molecule has 0 N–H and O–H groups in total. The molecule has 4 rings (SSSR count). The second-order valence-corrected chi connectivity index (χ2v) is 8.04. The van der Waals surface area contributed by atoms with Crippen LogP contribution in [-0.4, -0.2) is 31.5 Å². The Kier molecular flexibility index (Phi) is 5.71. The van der Waals surface area contributed by atoms with Crippen molar-refractivity contribution in [2.24, 2.45) is 14.1 Å². The largest absolute Gasteiger partial charge is 0.334 e. The summed E-state index contributed by atoms with van der Waals surface area (Å²) in [6.07, 6.45) is 3.54. The zero-order valence-corrected chi connectivity index (χ0v) is 17.7. The third kappa shape index (κ3) is 4.02. The molecule has 162 valence electrons. The molecule has 0 radical (unpaired) electrons. The van der Waals surface area contributed by atoms with Gasteiger partial charge < -0.3 is 4.90 Å². The van der Waals surface area contributed by atoms with E-state index in [0.29, 0.717) is 36.1 Å². The Balaban J connectivity index is 1.61. The van der Waals surface area contributed by atoms with Gasteiger partial charge in [0.15, 0.2) is 0 Å². The van der Waals surface area contributed by atoms with Crippen LogP contribution in [0.2, 0.25) is 0 Å². The number of carbonyl (C=O) groups is 1. The molecule has 1 aliphatic heterocycles. The summed E-state index contributed by atoms with van der Waals surface area (Å²) >= 11 is 0. The first-order valence-electron chi connectivity index (χ1n) is 10.5. The molecular formula is C23H25FN4O3. The second kappa shape index (κ2) is 8.45. The molecule has 2 aromatic heterocycles. The summed E-state index contributed by atoms with van der Waals surface area (Å²) in [6, 6.07) is 9.47. The average Bonchev–Trinajstić information content (AvgIpc) is 2.80. The summed E-state index contributed by atoms with van der Waals surface area (Å²) < 4.78 is 15.5.